The lowest BCUT2D eigenvalue weighted by Crippen LogP contribution is -2.32. The Morgan fingerprint density at radius 3 is 2.68 bits per heavy atom. The molecule has 0 aromatic heterocycles. The molecule has 2 rings (SSSR count). The number of sulfonamides is 1. The molecule has 1 unspecified atom stereocenters. The molecule has 1 saturated heterocycles. The first-order valence-corrected chi connectivity index (χ1v) is 7.34. The Labute approximate surface area is 115 Å². The monoisotopic (exact) mass is 305 g/mol. The highest BCUT2D eigenvalue weighted by molar-refractivity contribution is 7.89. The van der Waals surface area contributed by atoms with Gasteiger partial charge in [0.1, 0.15) is 0 Å². The molecular weight excluding hydrogens is 294 g/mol. The Balaban J connectivity index is 2.49. The van der Waals surface area contributed by atoms with Gasteiger partial charge in [0.15, 0.2) is 4.90 Å². The summed E-state index contributed by atoms with van der Waals surface area (Å²) in [6.45, 7) is 0.436. The largest absolute Gasteiger partial charge is 0.326 e. The molecule has 1 aromatic rings. The van der Waals surface area contributed by atoms with E-state index in [0.29, 0.717) is 6.42 Å². The van der Waals surface area contributed by atoms with E-state index in [1.807, 2.05) is 0 Å². The van der Waals surface area contributed by atoms with E-state index in [-0.39, 0.29) is 29.0 Å². The van der Waals surface area contributed by atoms with Crippen LogP contribution in [0.4, 0.5) is 5.69 Å². The van der Waals surface area contributed by atoms with Gasteiger partial charge in [-0.05, 0) is 18.6 Å². The average Bonchev–Trinajstić information content (AvgIpc) is 2.76. The predicted octanol–water partition coefficient (Wildman–Crippen LogP) is 0.970. The molecule has 1 aliphatic rings. The molecule has 2 N–H and O–H groups in total. The van der Waals surface area contributed by atoms with E-state index in [0.717, 1.165) is 16.4 Å². The van der Waals surface area contributed by atoms with Crippen molar-refractivity contribution in [3.63, 3.8) is 0 Å². The standard InChI is InChI=1S/C10H12ClN3O4S/c11-7-1-2-10(9(5-7)14(15)16)19(17,18)13-4-3-8(12)6-13/h1-2,5,8H,3-4,6,12H2. The van der Waals surface area contributed by atoms with Gasteiger partial charge in [-0.1, -0.05) is 11.6 Å². The average molecular weight is 306 g/mol. The smallest absolute Gasteiger partial charge is 0.290 e. The van der Waals surface area contributed by atoms with E-state index in [9.17, 15) is 18.5 Å². The summed E-state index contributed by atoms with van der Waals surface area (Å²) in [5, 5.41) is 11.1. The van der Waals surface area contributed by atoms with Gasteiger partial charge in [0, 0.05) is 30.2 Å². The molecule has 7 nitrogen and oxygen atoms in total. The molecule has 0 amide bonds. The molecule has 9 heteroatoms. The molecule has 0 spiro atoms. The van der Waals surface area contributed by atoms with Gasteiger partial charge in [-0.25, -0.2) is 8.42 Å². The molecule has 1 heterocycles. The van der Waals surface area contributed by atoms with E-state index in [2.05, 4.69) is 0 Å². The van der Waals surface area contributed by atoms with Crippen molar-refractivity contribution in [1.82, 2.24) is 4.31 Å². The van der Waals surface area contributed by atoms with Crippen molar-refractivity contribution >= 4 is 27.3 Å². The van der Waals surface area contributed by atoms with E-state index in [1.165, 1.54) is 6.07 Å². The number of rotatable bonds is 3. The lowest BCUT2D eigenvalue weighted by Gasteiger charge is -2.15. The third-order valence-corrected chi connectivity index (χ3v) is 5.07. The first-order chi connectivity index (χ1) is 8.82. The van der Waals surface area contributed by atoms with Crippen molar-refractivity contribution in [2.24, 2.45) is 5.73 Å². The van der Waals surface area contributed by atoms with Crippen molar-refractivity contribution in [3.05, 3.63) is 33.3 Å². The normalized spacial score (nSPS) is 20.6. The van der Waals surface area contributed by atoms with Crippen molar-refractivity contribution in [2.45, 2.75) is 17.4 Å². The number of benzene rings is 1. The van der Waals surface area contributed by atoms with Crippen LogP contribution in [0.15, 0.2) is 23.1 Å². The van der Waals surface area contributed by atoms with Gasteiger partial charge in [-0.15, -0.1) is 0 Å². The van der Waals surface area contributed by atoms with E-state index < -0.39 is 20.6 Å². The first-order valence-electron chi connectivity index (χ1n) is 5.52. The summed E-state index contributed by atoms with van der Waals surface area (Å²) in [7, 11) is -3.91. The van der Waals surface area contributed by atoms with Crippen LogP contribution in [0.25, 0.3) is 0 Å². The summed E-state index contributed by atoms with van der Waals surface area (Å²) in [6.07, 6.45) is 0.542. The topological polar surface area (TPSA) is 107 Å². The fraction of sp³-hybridized carbons (Fsp3) is 0.400. The minimum Gasteiger partial charge on any atom is -0.326 e. The van der Waals surface area contributed by atoms with Gasteiger partial charge < -0.3 is 5.73 Å². The second-order valence-corrected chi connectivity index (χ2v) is 6.62. The lowest BCUT2D eigenvalue weighted by atomic mass is 10.3. The summed E-state index contributed by atoms with van der Waals surface area (Å²) in [5.74, 6) is 0. The number of nitro benzene ring substituents is 1. The molecule has 0 saturated carbocycles. The van der Waals surface area contributed by atoms with Crippen LogP contribution in [-0.2, 0) is 10.0 Å². The minimum atomic E-state index is -3.91. The Kier molecular flexibility index (Phi) is 3.77. The summed E-state index contributed by atoms with van der Waals surface area (Å²) < 4.78 is 25.8. The molecule has 104 valence electrons. The fourth-order valence-electron chi connectivity index (χ4n) is 1.96. The maximum Gasteiger partial charge on any atom is 0.290 e. The zero-order valence-electron chi connectivity index (χ0n) is 9.82. The Bertz CT molecular complexity index is 619. The molecule has 0 radical (unpaired) electrons. The molecular formula is C10H12ClN3O4S. The quantitative estimate of drug-likeness (QED) is 0.661. The Morgan fingerprint density at radius 2 is 2.16 bits per heavy atom. The van der Waals surface area contributed by atoms with Gasteiger partial charge in [0.05, 0.1) is 4.92 Å². The number of nitrogens with zero attached hydrogens (tertiary/aromatic N) is 2. The lowest BCUT2D eigenvalue weighted by molar-refractivity contribution is -0.387. The Morgan fingerprint density at radius 1 is 1.47 bits per heavy atom. The highest BCUT2D eigenvalue weighted by Gasteiger charge is 2.35. The van der Waals surface area contributed by atoms with Gasteiger partial charge in [-0.3, -0.25) is 10.1 Å². The minimum absolute atomic E-state index is 0.115. The second kappa shape index (κ2) is 5.04. The molecule has 19 heavy (non-hydrogen) atoms. The zero-order chi connectivity index (χ0) is 14.2. The SMILES string of the molecule is NC1CCN(S(=O)(=O)c2ccc(Cl)cc2[N+](=O)[O-])C1. The zero-order valence-corrected chi connectivity index (χ0v) is 11.4. The third-order valence-electron chi connectivity index (χ3n) is 2.92. The highest BCUT2D eigenvalue weighted by Crippen LogP contribution is 2.30. The number of nitrogens with two attached hydrogens (primary N) is 1. The summed E-state index contributed by atoms with van der Waals surface area (Å²) in [4.78, 5) is 9.83. The van der Waals surface area contributed by atoms with Crippen LogP contribution in [0.1, 0.15) is 6.42 Å². The Hall–Kier alpha value is -1.22. The van der Waals surface area contributed by atoms with Crippen LogP contribution in [0.2, 0.25) is 5.02 Å². The molecule has 1 fully saturated rings. The third kappa shape index (κ3) is 2.71. The highest BCUT2D eigenvalue weighted by atomic mass is 35.5. The molecule has 1 aromatic carbocycles. The maximum absolute atomic E-state index is 12.3. The van der Waals surface area contributed by atoms with Gasteiger partial charge in [0.25, 0.3) is 5.69 Å². The summed E-state index contributed by atoms with van der Waals surface area (Å²) in [5.41, 5.74) is 5.14. The van der Waals surface area contributed by atoms with Crippen LogP contribution in [-0.4, -0.2) is 36.8 Å². The van der Waals surface area contributed by atoms with Crippen LogP contribution >= 0.6 is 11.6 Å². The molecule has 0 aliphatic carbocycles. The van der Waals surface area contributed by atoms with Gasteiger partial charge >= 0.3 is 0 Å². The summed E-state index contributed by atoms with van der Waals surface area (Å²) in [6, 6.07) is 3.27. The van der Waals surface area contributed by atoms with Crippen molar-refractivity contribution in [1.29, 1.82) is 0 Å². The van der Waals surface area contributed by atoms with Gasteiger partial charge in [0.2, 0.25) is 10.0 Å². The fourth-order valence-corrected chi connectivity index (χ4v) is 3.78. The van der Waals surface area contributed by atoms with Crippen molar-refractivity contribution in [3.8, 4) is 0 Å². The predicted molar refractivity (Wildman–Crippen MR) is 69.5 cm³/mol. The number of hydrogen-bond acceptors (Lipinski definition) is 5. The van der Waals surface area contributed by atoms with E-state index in [1.54, 1.807) is 0 Å². The molecule has 1 aliphatic heterocycles. The van der Waals surface area contributed by atoms with E-state index in [4.69, 9.17) is 17.3 Å². The number of halogens is 1. The van der Waals surface area contributed by atoms with Crippen molar-refractivity contribution < 1.29 is 13.3 Å². The molecule has 0 bridgehead atoms. The maximum atomic E-state index is 12.3. The number of hydrogen-bond donors (Lipinski definition) is 1. The van der Waals surface area contributed by atoms with Gasteiger partial charge in [-0.2, -0.15) is 4.31 Å². The second-order valence-electron chi connectivity index (χ2n) is 4.28. The summed E-state index contributed by atoms with van der Waals surface area (Å²) >= 11 is 5.66. The first kappa shape index (κ1) is 14.2. The van der Waals surface area contributed by atoms with E-state index >= 15 is 0 Å². The van der Waals surface area contributed by atoms with Crippen LogP contribution in [0, 0.1) is 10.1 Å². The van der Waals surface area contributed by atoms with Crippen molar-refractivity contribution in [2.75, 3.05) is 13.1 Å². The van der Waals surface area contributed by atoms with Crippen LogP contribution in [0.3, 0.4) is 0 Å². The number of nitro groups is 1. The molecule has 1 atom stereocenters. The van der Waals surface area contributed by atoms with Crippen LogP contribution in [0.5, 0.6) is 0 Å². The van der Waals surface area contributed by atoms with Crippen LogP contribution < -0.4 is 5.73 Å².